The van der Waals surface area contributed by atoms with Crippen LogP contribution in [0.5, 0.6) is 17.2 Å². The van der Waals surface area contributed by atoms with Gasteiger partial charge in [0.05, 0.1) is 33.1 Å². The summed E-state index contributed by atoms with van der Waals surface area (Å²) in [6.45, 7) is -0.334. The molecule has 2 heterocycles. The molecule has 0 aliphatic carbocycles. The second-order valence-corrected chi connectivity index (χ2v) is 12.6. The van der Waals surface area contributed by atoms with Crippen molar-refractivity contribution in [1.82, 2.24) is 9.80 Å². The molecule has 0 unspecified atom stereocenters. The number of hydrogen-bond acceptors (Lipinski definition) is 8. The summed E-state index contributed by atoms with van der Waals surface area (Å²) in [5.41, 5.74) is -1.62. The van der Waals surface area contributed by atoms with Crippen LogP contribution in [-0.2, 0) is 25.2 Å². The Balaban J connectivity index is 1.86. The Labute approximate surface area is 254 Å². The summed E-state index contributed by atoms with van der Waals surface area (Å²) in [4.78, 5) is 31.1. The Kier molecular flexibility index (Phi) is 8.05. The van der Waals surface area contributed by atoms with E-state index in [1.165, 1.54) is 81.6 Å². The van der Waals surface area contributed by atoms with Crippen molar-refractivity contribution in [1.29, 1.82) is 0 Å². The Bertz CT molecular complexity index is 1700. The number of likely N-dealkylation sites (N-methyl/N-ethyl adjacent to an activating group) is 1. The van der Waals surface area contributed by atoms with Gasteiger partial charge in [0.1, 0.15) is 28.3 Å². The van der Waals surface area contributed by atoms with Crippen molar-refractivity contribution in [2.45, 2.75) is 29.1 Å². The molecule has 10 nitrogen and oxygen atoms in total. The first-order valence-corrected chi connectivity index (χ1v) is 15.1. The van der Waals surface area contributed by atoms with Crippen molar-refractivity contribution in [3.8, 4) is 17.2 Å². The molecule has 2 aliphatic heterocycles. The van der Waals surface area contributed by atoms with Crippen LogP contribution in [0.25, 0.3) is 0 Å². The van der Waals surface area contributed by atoms with E-state index in [-0.39, 0.29) is 51.2 Å². The first kappa shape index (κ1) is 30.6. The maximum atomic E-state index is 15.4. The highest BCUT2D eigenvalue weighted by molar-refractivity contribution is 7.93. The van der Waals surface area contributed by atoms with Crippen molar-refractivity contribution in [2.24, 2.45) is 0 Å². The van der Waals surface area contributed by atoms with E-state index in [2.05, 4.69) is 0 Å². The molecule has 0 spiro atoms. The average Bonchev–Trinajstić information content (AvgIpc) is 3.50. The standard InChI is InChI=1S/C30H31ClFN3O7S/c1-33(2)28(36)24-15-19(32)17-34(24)30(21-8-6-7-9-25(21)41-4)22-14-18(31)10-12-23(22)35(29(30)37)43(38,39)27-13-11-20(40-3)16-26(27)42-5/h6-14,16,19,24H,15,17H2,1-5H3/t19-,24+,30+/m1/s1. The molecule has 0 radical (unpaired) electrons. The topological polar surface area (TPSA) is 106 Å². The third kappa shape index (κ3) is 4.68. The molecule has 0 saturated carbocycles. The molecule has 1 fully saturated rings. The van der Waals surface area contributed by atoms with Gasteiger partial charge in [-0.2, -0.15) is 0 Å². The molecule has 2 amide bonds. The van der Waals surface area contributed by atoms with Gasteiger partial charge in [-0.25, -0.2) is 17.1 Å². The number of amides is 2. The lowest BCUT2D eigenvalue weighted by molar-refractivity contribution is -0.138. The highest BCUT2D eigenvalue weighted by Gasteiger charge is 2.64. The van der Waals surface area contributed by atoms with E-state index in [0.717, 1.165) is 0 Å². The van der Waals surface area contributed by atoms with Crippen molar-refractivity contribution < 1.29 is 36.6 Å². The van der Waals surface area contributed by atoms with Crippen LogP contribution in [0, 0.1) is 0 Å². The maximum Gasteiger partial charge on any atom is 0.274 e. The van der Waals surface area contributed by atoms with E-state index in [0.29, 0.717) is 10.1 Å². The molecule has 13 heteroatoms. The second-order valence-electron chi connectivity index (χ2n) is 10.4. The van der Waals surface area contributed by atoms with Crippen molar-refractivity contribution in [3.05, 3.63) is 76.8 Å². The Morgan fingerprint density at radius 2 is 1.67 bits per heavy atom. The SMILES string of the molecule is COc1ccc(S(=O)(=O)N2C(=O)[C@@](c3ccccc3OC)(N3C[C@H](F)C[C@H]3C(=O)N(C)C)c3cc(Cl)ccc32)c(OC)c1. The largest absolute Gasteiger partial charge is 0.497 e. The lowest BCUT2D eigenvalue weighted by atomic mass is 9.80. The third-order valence-corrected chi connectivity index (χ3v) is 9.83. The van der Waals surface area contributed by atoms with Crippen LogP contribution in [0.15, 0.2) is 65.6 Å². The second kappa shape index (κ2) is 11.3. The number of alkyl halides is 1. The Morgan fingerprint density at radius 3 is 2.33 bits per heavy atom. The minimum atomic E-state index is -4.67. The van der Waals surface area contributed by atoms with Crippen LogP contribution in [0.1, 0.15) is 17.5 Å². The molecular weight excluding hydrogens is 601 g/mol. The number of hydrogen-bond donors (Lipinski definition) is 0. The third-order valence-electron chi connectivity index (χ3n) is 7.85. The Hall–Kier alpha value is -3.87. The number of halogens is 2. The van der Waals surface area contributed by atoms with Crippen molar-refractivity contribution >= 4 is 39.1 Å². The van der Waals surface area contributed by atoms with Gasteiger partial charge in [0.2, 0.25) is 5.91 Å². The monoisotopic (exact) mass is 631 g/mol. The summed E-state index contributed by atoms with van der Waals surface area (Å²) < 4.78 is 61.3. The number of carbonyl (C=O) groups is 2. The maximum absolute atomic E-state index is 15.4. The molecule has 5 rings (SSSR count). The highest BCUT2D eigenvalue weighted by atomic mass is 35.5. The number of fused-ring (bicyclic) bond motifs is 1. The number of rotatable bonds is 8. The molecule has 228 valence electrons. The van der Waals surface area contributed by atoms with E-state index < -0.39 is 39.6 Å². The van der Waals surface area contributed by atoms with Crippen LogP contribution >= 0.6 is 11.6 Å². The zero-order chi connectivity index (χ0) is 31.3. The number of methoxy groups -OCH3 is 3. The highest BCUT2D eigenvalue weighted by Crippen LogP contribution is 2.55. The van der Waals surface area contributed by atoms with Gasteiger partial charge in [0, 0.05) is 49.3 Å². The van der Waals surface area contributed by atoms with Crippen LogP contribution in [0.2, 0.25) is 5.02 Å². The fraction of sp³-hybridized carbons (Fsp3) is 0.333. The van der Waals surface area contributed by atoms with E-state index in [9.17, 15) is 13.2 Å². The van der Waals surface area contributed by atoms with Crippen LogP contribution in [-0.4, -0.2) is 84.2 Å². The minimum Gasteiger partial charge on any atom is -0.497 e. The quantitative estimate of drug-likeness (QED) is 0.369. The number of carbonyl (C=O) groups excluding carboxylic acids is 2. The summed E-state index contributed by atoms with van der Waals surface area (Å²) >= 11 is 6.49. The summed E-state index contributed by atoms with van der Waals surface area (Å²) in [6.07, 6.45) is -1.68. The number of para-hydroxylation sites is 1. The van der Waals surface area contributed by atoms with Gasteiger partial charge < -0.3 is 19.1 Å². The first-order valence-electron chi connectivity index (χ1n) is 13.3. The molecule has 0 N–H and O–H groups in total. The van der Waals surface area contributed by atoms with Gasteiger partial charge in [0.15, 0.2) is 5.54 Å². The average molecular weight is 632 g/mol. The fourth-order valence-corrected chi connectivity index (χ4v) is 7.77. The summed E-state index contributed by atoms with van der Waals surface area (Å²) in [5.74, 6) is -0.860. The minimum absolute atomic E-state index is 0.00321. The van der Waals surface area contributed by atoms with Crippen molar-refractivity contribution in [2.75, 3.05) is 46.3 Å². The summed E-state index contributed by atoms with van der Waals surface area (Å²) in [6, 6.07) is 13.9. The van der Waals surface area contributed by atoms with Gasteiger partial charge in [-0.3, -0.25) is 14.5 Å². The lowest BCUT2D eigenvalue weighted by Crippen LogP contribution is -2.59. The predicted molar refractivity (Wildman–Crippen MR) is 158 cm³/mol. The molecule has 0 aromatic heterocycles. The number of likely N-dealkylation sites (tertiary alicyclic amines) is 1. The summed E-state index contributed by atoms with van der Waals surface area (Å²) in [7, 11) is 2.54. The number of benzene rings is 3. The van der Waals surface area contributed by atoms with E-state index in [1.807, 2.05) is 0 Å². The fourth-order valence-electron chi connectivity index (χ4n) is 6.00. The molecule has 3 aromatic carbocycles. The van der Waals surface area contributed by atoms with E-state index in [4.69, 9.17) is 25.8 Å². The molecular formula is C30H31ClFN3O7S. The van der Waals surface area contributed by atoms with Gasteiger partial charge in [-0.1, -0.05) is 29.8 Å². The zero-order valence-electron chi connectivity index (χ0n) is 24.2. The van der Waals surface area contributed by atoms with Crippen LogP contribution in [0.4, 0.5) is 10.1 Å². The molecule has 2 aliphatic rings. The van der Waals surface area contributed by atoms with Gasteiger partial charge in [-0.15, -0.1) is 0 Å². The Morgan fingerprint density at radius 1 is 0.977 bits per heavy atom. The molecule has 3 atom stereocenters. The number of nitrogens with zero attached hydrogens (tertiary/aromatic N) is 3. The number of ether oxygens (including phenoxy) is 3. The van der Waals surface area contributed by atoms with E-state index in [1.54, 1.807) is 24.3 Å². The molecule has 1 saturated heterocycles. The van der Waals surface area contributed by atoms with Crippen molar-refractivity contribution in [3.63, 3.8) is 0 Å². The van der Waals surface area contributed by atoms with Crippen LogP contribution < -0.4 is 18.5 Å². The molecule has 0 bridgehead atoms. The van der Waals surface area contributed by atoms with Gasteiger partial charge in [-0.05, 0) is 36.4 Å². The molecule has 43 heavy (non-hydrogen) atoms. The normalized spacial score (nSPS) is 21.9. The molecule has 3 aromatic rings. The lowest BCUT2D eigenvalue weighted by Gasteiger charge is -2.42. The number of sulfonamides is 1. The number of anilines is 1. The zero-order valence-corrected chi connectivity index (χ0v) is 25.8. The predicted octanol–water partition coefficient (Wildman–Crippen LogP) is 3.85. The van der Waals surface area contributed by atoms with E-state index >= 15 is 9.18 Å². The van der Waals surface area contributed by atoms with Gasteiger partial charge >= 0.3 is 0 Å². The summed E-state index contributed by atoms with van der Waals surface area (Å²) in [5, 5.41) is 0.207. The van der Waals surface area contributed by atoms with Gasteiger partial charge in [0.25, 0.3) is 15.9 Å². The first-order chi connectivity index (χ1) is 20.4. The smallest absolute Gasteiger partial charge is 0.274 e. The van der Waals surface area contributed by atoms with Crippen LogP contribution in [0.3, 0.4) is 0 Å².